The molecular weight excluding hydrogens is 71.0 g/mol. The van der Waals surface area contributed by atoms with Crippen LogP contribution in [0.1, 0.15) is 20.3 Å². The van der Waals surface area contributed by atoms with Crippen LogP contribution in [0.4, 0.5) is 0 Å². The number of hydrogen-bond donors (Lipinski definition) is 1. The van der Waals surface area contributed by atoms with Crippen LogP contribution >= 0.6 is 0 Å². The maximum atomic E-state index is 8.36. The van der Waals surface area contributed by atoms with Crippen LogP contribution in [0.15, 0.2) is 0 Å². The quantitative estimate of drug-likeness (QED) is 0.446. The summed E-state index contributed by atoms with van der Waals surface area (Å²) < 4.78 is 0. The Morgan fingerprint density at radius 3 is 1.83 bits per heavy atom. The molecule has 0 aromatic carbocycles. The Hall–Kier alpha value is 0.557. The first-order valence-electron chi connectivity index (χ1n) is 1.95. The molecule has 0 amide bonds. The van der Waals surface area contributed by atoms with E-state index < -0.39 is 0 Å². The van der Waals surface area contributed by atoms with E-state index in [0.29, 0.717) is 0 Å². The summed E-state index contributed by atoms with van der Waals surface area (Å²) in [6.07, 6.45) is 0.745. The normalized spacial score (nSPS) is 12.5. The van der Waals surface area contributed by atoms with Gasteiger partial charge in [0.05, 0.1) is 6.10 Å². The Bertz CT molecular complexity index is 21.5. The van der Waals surface area contributed by atoms with Gasteiger partial charge < -0.3 is 5.11 Å². The Balaban J connectivity index is 0. The van der Waals surface area contributed by atoms with E-state index in [1.165, 1.54) is 0 Å². The molecule has 1 nitrogen and oxygen atoms in total. The van der Waals surface area contributed by atoms with Crippen LogP contribution < -0.4 is 0 Å². The van der Waals surface area contributed by atoms with Gasteiger partial charge in [-0.1, -0.05) is 6.92 Å². The molecule has 1 atom stereocenters. The van der Waals surface area contributed by atoms with Crippen molar-refractivity contribution in [3.63, 3.8) is 0 Å². The second kappa shape index (κ2) is 5.56. The summed E-state index contributed by atoms with van der Waals surface area (Å²) in [6, 6.07) is 0. The van der Waals surface area contributed by atoms with Gasteiger partial charge >= 0.3 is 18.9 Å². The van der Waals surface area contributed by atoms with Crippen LogP contribution in [0.5, 0.6) is 0 Å². The molecule has 0 fully saturated rings. The zero-order valence-electron chi connectivity index (χ0n) is 3.73. The van der Waals surface area contributed by atoms with Crippen LogP contribution in [0.3, 0.4) is 0 Å². The zero-order chi connectivity index (χ0) is 4.28. The molecule has 0 radical (unpaired) electrons. The summed E-state index contributed by atoms with van der Waals surface area (Å²) in [5.74, 6) is 0. The average Bonchev–Trinajstić information content (AvgIpc) is 1.38. The van der Waals surface area contributed by atoms with Crippen molar-refractivity contribution in [1.29, 1.82) is 0 Å². The first kappa shape index (κ1) is 9.75. The topological polar surface area (TPSA) is 20.2 Å². The summed E-state index contributed by atoms with van der Waals surface area (Å²) >= 11 is 0. The summed E-state index contributed by atoms with van der Waals surface area (Å²) in [7, 11) is 0. The molecule has 0 saturated carbocycles. The fourth-order valence-corrected chi connectivity index (χ4v) is 0. The predicted octanol–water partition coefficient (Wildman–Crippen LogP) is 0.129. The molecule has 0 aliphatic rings. The van der Waals surface area contributed by atoms with Crippen molar-refractivity contribution in [2.75, 3.05) is 0 Å². The van der Waals surface area contributed by atoms with E-state index >= 15 is 0 Å². The van der Waals surface area contributed by atoms with Gasteiger partial charge in [0.2, 0.25) is 0 Å². The van der Waals surface area contributed by atoms with Gasteiger partial charge in [0.1, 0.15) is 0 Å². The van der Waals surface area contributed by atoms with E-state index in [4.69, 9.17) is 5.11 Å². The van der Waals surface area contributed by atoms with E-state index in [1.807, 2.05) is 6.92 Å². The SMILES string of the molecule is CC[C@H](C)O.[LiH]. The molecule has 0 aliphatic heterocycles. The second-order valence-electron chi connectivity index (χ2n) is 1.26. The van der Waals surface area contributed by atoms with E-state index in [-0.39, 0.29) is 25.0 Å². The Morgan fingerprint density at radius 2 is 1.83 bits per heavy atom. The molecule has 0 bridgehead atoms. The average molecular weight is 82.1 g/mol. The third-order valence-electron chi connectivity index (χ3n) is 0.591. The van der Waals surface area contributed by atoms with Crippen molar-refractivity contribution in [3.05, 3.63) is 0 Å². The number of hydrogen-bond acceptors (Lipinski definition) is 1. The van der Waals surface area contributed by atoms with Gasteiger partial charge in [-0.25, -0.2) is 0 Å². The number of rotatable bonds is 1. The summed E-state index contributed by atoms with van der Waals surface area (Å²) in [6.45, 7) is 3.73. The molecule has 0 saturated heterocycles. The first-order chi connectivity index (χ1) is 2.27. The van der Waals surface area contributed by atoms with Crippen molar-refractivity contribution >= 4 is 18.9 Å². The van der Waals surface area contributed by atoms with Crippen molar-refractivity contribution < 1.29 is 5.11 Å². The molecular formula is C4H11LiO. The minimum atomic E-state index is -0.116. The van der Waals surface area contributed by atoms with Crippen LogP contribution in [-0.2, 0) is 0 Å². The van der Waals surface area contributed by atoms with Gasteiger partial charge in [0.25, 0.3) is 0 Å². The molecule has 0 heterocycles. The van der Waals surface area contributed by atoms with Crippen LogP contribution in [0.25, 0.3) is 0 Å². The van der Waals surface area contributed by atoms with Crippen molar-refractivity contribution in [2.45, 2.75) is 26.4 Å². The Kier molecular flexibility index (Phi) is 9.03. The molecule has 0 rings (SSSR count). The van der Waals surface area contributed by atoms with Gasteiger partial charge in [0, 0.05) is 0 Å². The minimum absolute atomic E-state index is 0. The van der Waals surface area contributed by atoms with E-state index in [2.05, 4.69) is 0 Å². The van der Waals surface area contributed by atoms with E-state index in [0.717, 1.165) is 6.42 Å². The van der Waals surface area contributed by atoms with E-state index in [1.54, 1.807) is 6.92 Å². The number of aliphatic hydroxyl groups is 1. The maximum absolute atomic E-state index is 8.36. The van der Waals surface area contributed by atoms with Gasteiger partial charge in [-0.3, -0.25) is 0 Å². The van der Waals surface area contributed by atoms with E-state index in [9.17, 15) is 0 Å². The fourth-order valence-electron chi connectivity index (χ4n) is 0. The molecule has 0 spiro atoms. The third-order valence-corrected chi connectivity index (χ3v) is 0.591. The van der Waals surface area contributed by atoms with Gasteiger partial charge in [-0.2, -0.15) is 0 Å². The standard InChI is InChI=1S/C4H10O.Li.H/c1-3-4(2)5;;/h4-5H,3H2,1-2H3;;/t4-;;/m0../s1. The van der Waals surface area contributed by atoms with Crippen LogP contribution in [0, 0.1) is 0 Å². The molecule has 1 N–H and O–H groups in total. The number of aliphatic hydroxyl groups excluding tert-OH is 1. The van der Waals surface area contributed by atoms with Crippen molar-refractivity contribution in [1.82, 2.24) is 0 Å². The first-order valence-corrected chi connectivity index (χ1v) is 1.95. The van der Waals surface area contributed by atoms with Crippen LogP contribution in [0.2, 0.25) is 0 Å². The third kappa shape index (κ3) is 8.82. The molecule has 6 heavy (non-hydrogen) atoms. The van der Waals surface area contributed by atoms with Crippen LogP contribution in [-0.4, -0.2) is 30.1 Å². The molecule has 0 aromatic rings. The van der Waals surface area contributed by atoms with Gasteiger partial charge in [-0.15, -0.1) is 0 Å². The monoisotopic (exact) mass is 82.1 g/mol. The predicted molar refractivity (Wildman–Crippen MR) is 29.1 cm³/mol. The zero-order valence-corrected chi connectivity index (χ0v) is 3.73. The van der Waals surface area contributed by atoms with Crippen molar-refractivity contribution in [3.8, 4) is 0 Å². The summed E-state index contributed by atoms with van der Waals surface area (Å²) in [5, 5.41) is 8.36. The van der Waals surface area contributed by atoms with Gasteiger partial charge in [0.15, 0.2) is 0 Å². The molecule has 0 unspecified atom stereocenters. The molecule has 0 aromatic heterocycles. The van der Waals surface area contributed by atoms with Crippen molar-refractivity contribution in [2.24, 2.45) is 0 Å². The second-order valence-corrected chi connectivity index (χ2v) is 1.26. The Labute approximate surface area is 50.9 Å². The molecule has 0 aliphatic carbocycles. The van der Waals surface area contributed by atoms with Gasteiger partial charge in [-0.05, 0) is 13.3 Å². The fraction of sp³-hybridized carbons (Fsp3) is 1.00. The Morgan fingerprint density at radius 1 is 1.67 bits per heavy atom. The molecule has 2 heteroatoms. The molecule has 34 valence electrons. The summed E-state index contributed by atoms with van der Waals surface area (Å²) in [4.78, 5) is 0. The summed E-state index contributed by atoms with van der Waals surface area (Å²) in [5.41, 5.74) is 0.